The molecule has 1 unspecified atom stereocenters. The van der Waals surface area contributed by atoms with Crippen LogP contribution in [-0.2, 0) is 11.2 Å². The van der Waals surface area contributed by atoms with Gasteiger partial charge in [-0.3, -0.25) is 4.79 Å². The van der Waals surface area contributed by atoms with E-state index in [9.17, 15) is 25.2 Å². The lowest BCUT2D eigenvalue weighted by atomic mass is 9.84. The van der Waals surface area contributed by atoms with Crippen molar-refractivity contribution < 1.29 is 30.3 Å². The number of aliphatic hydroxyl groups is 5. The number of Topliss-reactive ketones (excluding diaryl/α,β-unsaturated/α-hetero) is 1. The Hall–Kier alpha value is -1.31. The van der Waals surface area contributed by atoms with Gasteiger partial charge in [-0.05, 0) is 24.0 Å². The van der Waals surface area contributed by atoms with Crippen LogP contribution in [0, 0.1) is 0 Å². The van der Waals surface area contributed by atoms with Gasteiger partial charge < -0.3 is 25.5 Å². The van der Waals surface area contributed by atoms with E-state index in [1.807, 2.05) is 25.1 Å². The second-order valence-electron chi connectivity index (χ2n) is 5.59. The number of carbonyl (C=O) groups is 1. The SMILES string of the molecule is CCc1ccccc1C(CC)C(=O)[C@H](O)[C@@H](O)[C@H](O)[C@H](O)CO. The molecule has 6 nitrogen and oxygen atoms in total. The van der Waals surface area contributed by atoms with Crippen LogP contribution in [0.3, 0.4) is 0 Å². The third kappa shape index (κ3) is 4.59. The third-order valence-electron chi connectivity index (χ3n) is 4.11. The van der Waals surface area contributed by atoms with Gasteiger partial charge in [0.05, 0.1) is 6.61 Å². The van der Waals surface area contributed by atoms with Gasteiger partial charge in [-0.1, -0.05) is 38.1 Å². The molecule has 0 saturated heterocycles. The maximum Gasteiger partial charge on any atom is 0.171 e. The summed E-state index contributed by atoms with van der Waals surface area (Å²) in [7, 11) is 0. The average Bonchev–Trinajstić information content (AvgIpc) is 2.59. The number of aryl methyl sites for hydroxylation is 1. The zero-order valence-electron chi connectivity index (χ0n) is 13.5. The van der Waals surface area contributed by atoms with Crippen LogP contribution in [0.1, 0.15) is 37.3 Å². The fourth-order valence-corrected chi connectivity index (χ4v) is 2.67. The quantitative estimate of drug-likeness (QED) is 0.427. The van der Waals surface area contributed by atoms with E-state index in [-0.39, 0.29) is 0 Å². The van der Waals surface area contributed by atoms with Gasteiger partial charge in [-0.25, -0.2) is 0 Å². The summed E-state index contributed by atoms with van der Waals surface area (Å²) in [5.41, 5.74) is 1.76. The van der Waals surface area contributed by atoms with Crippen LogP contribution in [0.4, 0.5) is 0 Å². The Kier molecular flexibility index (Phi) is 7.81. The third-order valence-corrected chi connectivity index (χ3v) is 4.11. The summed E-state index contributed by atoms with van der Waals surface area (Å²) in [5.74, 6) is -1.24. The van der Waals surface area contributed by atoms with E-state index in [4.69, 9.17) is 5.11 Å². The topological polar surface area (TPSA) is 118 Å². The Morgan fingerprint density at radius 3 is 2.17 bits per heavy atom. The molecule has 130 valence electrons. The highest BCUT2D eigenvalue weighted by molar-refractivity contribution is 5.90. The lowest BCUT2D eigenvalue weighted by molar-refractivity contribution is -0.148. The Labute approximate surface area is 136 Å². The van der Waals surface area contributed by atoms with E-state index in [2.05, 4.69) is 0 Å². The number of aliphatic hydroxyl groups excluding tert-OH is 5. The lowest BCUT2D eigenvalue weighted by Gasteiger charge is -2.27. The molecule has 0 aliphatic carbocycles. The van der Waals surface area contributed by atoms with E-state index in [0.29, 0.717) is 6.42 Å². The van der Waals surface area contributed by atoms with Crippen molar-refractivity contribution >= 4 is 5.78 Å². The maximum atomic E-state index is 12.5. The van der Waals surface area contributed by atoms with Crippen molar-refractivity contribution in [2.45, 2.75) is 57.0 Å². The lowest BCUT2D eigenvalue weighted by Crippen LogP contribution is -2.49. The minimum atomic E-state index is -1.87. The summed E-state index contributed by atoms with van der Waals surface area (Å²) in [4.78, 5) is 12.5. The monoisotopic (exact) mass is 326 g/mol. The second-order valence-corrected chi connectivity index (χ2v) is 5.59. The molecule has 6 heteroatoms. The molecule has 0 aliphatic heterocycles. The number of ketones is 1. The zero-order valence-corrected chi connectivity index (χ0v) is 13.5. The minimum absolute atomic E-state index is 0.429. The highest BCUT2D eigenvalue weighted by Crippen LogP contribution is 2.27. The molecular formula is C17H26O6. The molecule has 0 fully saturated rings. The molecule has 0 aromatic heterocycles. The van der Waals surface area contributed by atoms with Gasteiger partial charge in [0.2, 0.25) is 0 Å². The summed E-state index contributed by atoms with van der Waals surface area (Å²) in [6.45, 7) is 2.98. The number of hydrogen-bond acceptors (Lipinski definition) is 6. The molecule has 0 heterocycles. The predicted octanol–water partition coefficient (Wildman–Crippen LogP) is -0.252. The number of carbonyl (C=O) groups excluding carboxylic acids is 1. The van der Waals surface area contributed by atoms with Crippen molar-refractivity contribution in [2.75, 3.05) is 6.61 Å². The average molecular weight is 326 g/mol. The van der Waals surface area contributed by atoms with Gasteiger partial charge >= 0.3 is 0 Å². The molecule has 1 rings (SSSR count). The smallest absolute Gasteiger partial charge is 0.171 e. The van der Waals surface area contributed by atoms with Gasteiger partial charge in [-0.15, -0.1) is 0 Å². The first-order chi connectivity index (χ1) is 10.9. The molecule has 0 radical (unpaired) electrons. The molecule has 0 saturated carbocycles. The van der Waals surface area contributed by atoms with Gasteiger partial charge in [0.1, 0.15) is 24.4 Å². The van der Waals surface area contributed by atoms with Gasteiger partial charge in [0.25, 0.3) is 0 Å². The van der Waals surface area contributed by atoms with Crippen LogP contribution in [0.5, 0.6) is 0 Å². The molecule has 0 aliphatic rings. The van der Waals surface area contributed by atoms with Crippen LogP contribution >= 0.6 is 0 Å². The molecule has 0 spiro atoms. The molecule has 0 bridgehead atoms. The molecule has 5 N–H and O–H groups in total. The van der Waals surface area contributed by atoms with Crippen LogP contribution in [-0.4, -0.2) is 62.3 Å². The summed E-state index contributed by atoms with van der Waals surface area (Å²) in [6.07, 6.45) is -6.00. The van der Waals surface area contributed by atoms with Gasteiger partial charge in [0, 0.05) is 5.92 Å². The van der Waals surface area contributed by atoms with Crippen molar-refractivity contribution in [1.82, 2.24) is 0 Å². The van der Waals surface area contributed by atoms with Crippen molar-refractivity contribution in [1.29, 1.82) is 0 Å². The standard InChI is InChI=1S/C17H26O6/c1-3-10-7-5-6-8-12(10)11(4-2)14(20)16(22)17(23)15(21)13(19)9-18/h5-8,11,13,15-19,21-23H,3-4,9H2,1-2H3/t11?,13-,15-,16+,17+/m1/s1. The molecule has 23 heavy (non-hydrogen) atoms. The second kappa shape index (κ2) is 9.10. The van der Waals surface area contributed by atoms with Crippen molar-refractivity contribution in [3.63, 3.8) is 0 Å². The molecule has 5 atom stereocenters. The highest BCUT2D eigenvalue weighted by Gasteiger charge is 2.37. The van der Waals surface area contributed by atoms with Gasteiger partial charge in [-0.2, -0.15) is 0 Å². The minimum Gasteiger partial charge on any atom is -0.394 e. The van der Waals surface area contributed by atoms with E-state index >= 15 is 0 Å². The first-order valence-electron chi connectivity index (χ1n) is 7.83. The Balaban J connectivity index is 3.00. The predicted molar refractivity (Wildman–Crippen MR) is 85.0 cm³/mol. The van der Waals surface area contributed by atoms with Crippen molar-refractivity contribution in [3.05, 3.63) is 35.4 Å². The zero-order chi connectivity index (χ0) is 17.6. The van der Waals surface area contributed by atoms with E-state index in [1.54, 1.807) is 13.0 Å². The molecular weight excluding hydrogens is 300 g/mol. The normalized spacial score (nSPS) is 18.0. The van der Waals surface area contributed by atoms with Crippen LogP contribution in [0.25, 0.3) is 0 Å². The van der Waals surface area contributed by atoms with E-state index in [1.165, 1.54) is 0 Å². The van der Waals surface area contributed by atoms with E-state index in [0.717, 1.165) is 17.5 Å². The van der Waals surface area contributed by atoms with Crippen molar-refractivity contribution in [3.8, 4) is 0 Å². The number of benzene rings is 1. The maximum absolute atomic E-state index is 12.5. The van der Waals surface area contributed by atoms with E-state index < -0.39 is 42.7 Å². The first-order valence-corrected chi connectivity index (χ1v) is 7.83. The molecule has 1 aromatic carbocycles. The Bertz CT molecular complexity index is 504. The fourth-order valence-electron chi connectivity index (χ4n) is 2.67. The van der Waals surface area contributed by atoms with Crippen molar-refractivity contribution in [2.24, 2.45) is 0 Å². The summed E-state index contributed by atoms with van der Waals surface area (Å²) in [6, 6.07) is 7.38. The summed E-state index contributed by atoms with van der Waals surface area (Å²) >= 11 is 0. The molecule has 1 aromatic rings. The first kappa shape index (κ1) is 19.7. The summed E-state index contributed by atoms with van der Waals surface area (Å²) in [5, 5.41) is 47.7. The fraction of sp³-hybridized carbons (Fsp3) is 0.588. The largest absolute Gasteiger partial charge is 0.394 e. The van der Waals surface area contributed by atoms with Crippen LogP contribution in [0.2, 0.25) is 0 Å². The van der Waals surface area contributed by atoms with Gasteiger partial charge in [0.15, 0.2) is 5.78 Å². The Morgan fingerprint density at radius 1 is 1.04 bits per heavy atom. The van der Waals surface area contributed by atoms with Crippen LogP contribution in [0.15, 0.2) is 24.3 Å². The van der Waals surface area contributed by atoms with Crippen LogP contribution < -0.4 is 0 Å². The summed E-state index contributed by atoms with van der Waals surface area (Å²) < 4.78 is 0. The highest BCUT2D eigenvalue weighted by atomic mass is 16.4. The number of rotatable bonds is 9. The Morgan fingerprint density at radius 2 is 1.65 bits per heavy atom. The number of hydrogen-bond donors (Lipinski definition) is 5. The molecule has 0 amide bonds.